The molecule has 3 aromatic carbocycles. The topological polar surface area (TPSA) is 29.0 Å². The molecule has 0 spiro atoms. The van der Waals surface area contributed by atoms with Crippen LogP contribution in [0.15, 0.2) is 67.1 Å². The molecule has 146 valence electrons. The van der Waals surface area contributed by atoms with Crippen molar-refractivity contribution in [3.63, 3.8) is 0 Å². The maximum atomic E-state index is 4.73. The highest BCUT2D eigenvalue weighted by Gasteiger charge is 2.32. The van der Waals surface area contributed by atoms with Gasteiger partial charge in [0.25, 0.3) is 0 Å². The van der Waals surface area contributed by atoms with Gasteiger partial charge in [-0.3, -0.25) is 9.97 Å². The summed E-state index contributed by atoms with van der Waals surface area (Å²) in [5.74, 6) is 0.919. The Hall–Kier alpha value is -2.78. The third kappa shape index (κ3) is 3.30. The minimum absolute atomic E-state index is 0.322. The van der Waals surface area contributed by atoms with Crippen LogP contribution in [0.4, 0.5) is 0 Å². The van der Waals surface area contributed by atoms with Crippen molar-refractivity contribution >= 4 is 21.5 Å². The summed E-state index contributed by atoms with van der Waals surface area (Å²) < 4.78 is 0. The van der Waals surface area contributed by atoms with Crippen molar-refractivity contribution in [1.29, 1.82) is 0 Å². The van der Waals surface area contributed by atoms with E-state index in [9.17, 15) is 0 Å². The van der Waals surface area contributed by atoms with Crippen LogP contribution in [0, 0.1) is 5.92 Å². The van der Waals surface area contributed by atoms with Crippen LogP contribution in [0.3, 0.4) is 0 Å². The zero-order valence-corrected chi connectivity index (χ0v) is 17.2. The molecule has 1 aliphatic rings. The summed E-state index contributed by atoms with van der Waals surface area (Å²) in [4.78, 5) is 11.4. The molecular weight excluding hydrogens is 354 g/mol. The van der Waals surface area contributed by atoms with Crippen LogP contribution in [0.2, 0.25) is 0 Å². The molecule has 0 radical (unpaired) electrons. The first kappa shape index (κ1) is 18.3. The molecule has 3 nitrogen and oxygen atoms in total. The molecule has 3 heteroatoms. The molecule has 0 aliphatic heterocycles. The van der Waals surface area contributed by atoms with E-state index in [1.165, 1.54) is 45.5 Å². The monoisotopic (exact) mass is 381 g/mol. The zero-order chi connectivity index (χ0) is 19.8. The van der Waals surface area contributed by atoms with Crippen molar-refractivity contribution in [2.45, 2.75) is 25.2 Å². The van der Waals surface area contributed by atoms with E-state index in [4.69, 9.17) is 4.98 Å². The summed E-state index contributed by atoms with van der Waals surface area (Å²) >= 11 is 0. The molecule has 2 atom stereocenters. The van der Waals surface area contributed by atoms with Gasteiger partial charge in [-0.15, -0.1) is 0 Å². The summed E-state index contributed by atoms with van der Waals surface area (Å²) in [6.45, 7) is 1.11. The highest BCUT2D eigenvalue weighted by atomic mass is 15.0. The number of fused-ring (bicyclic) bond motifs is 5. The van der Waals surface area contributed by atoms with Crippen molar-refractivity contribution in [1.82, 2.24) is 14.9 Å². The second-order valence-electron chi connectivity index (χ2n) is 8.51. The van der Waals surface area contributed by atoms with Crippen molar-refractivity contribution in [3.8, 4) is 0 Å². The average Bonchev–Trinajstić information content (AvgIpc) is 2.77. The third-order valence-corrected chi connectivity index (χ3v) is 6.49. The molecule has 0 fully saturated rings. The maximum absolute atomic E-state index is 4.73. The second kappa shape index (κ2) is 7.57. The number of aryl methyl sites for hydroxylation is 1. The molecule has 0 N–H and O–H groups in total. The van der Waals surface area contributed by atoms with Gasteiger partial charge in [0.05, 0.1) is 5.69 Å². The minimum atomic E-state index is 0.322. The molecule has 5 rings (SSSR count). The first-order valence-electron chi connectivity index (χ1n) is 10.6. The lowest BCUT2D eigenvalue weighted by atomic mass is 9.71. The van der Waals surface area contributed by atoms with Gasteiger partial charge in [-0.2, -0.15) is 0 Å². The molecule has 0 saturated carbocycles. The van der Waals surface area contributed by atoms with Gasteiger partial charge in [0.15, 0.2) is 0 Å². The van der Waals surface area contributed by atoms with Crippen LogP contribution in [0.5, 0.6) is 0 Å². The number of benzene rings is 3. The summed E-state index contributed by atoms with van der Waals surface area (Å²) in [6, 6.07) is 18.0. The van der Waals surface area contributed by atoms with Crippen LogP contribution >= 0.6 is 0 Å². The first-order valence-corrected chi connectivity index (χ1v) is 10.6. The number of rotatable bonds is 4. The zero-order valence-electron chi connectivity index (χ0n) is 17.2. The third-order valence-electron chi connectivity index (χ3n) is 6.49. The lowest BCUT2D eigenvalue weighted by Gasteiger charge is -2.34. The quantitative estimate of drug-likeness (QED) is 0.442. The lowest BCUT2D eigenvalue weighted by Crippen LogP contribution is -2.26. The maximum Gasteiger partial charge on any atom is 0.0664 e. The van der Waals surface area contributed by atoms with Gasteiger partial charge in [-0.1, -0.05) is 48.5 Å². The van der Waals surface area contributed by atoms with Crippen LogP contribution < -0.4 is 0 Å². The molecule has 0 amide bonds. The Morgan fingerprint density at radius 1 is 0.931 bits per heavy atom. The SMILES string of the molecule is CN(C)CCC1CCc2c(ccc3c2ccc2ccccc23)C1c1cnccn1. The molecule has 1 aromatic heterocycles. The van der Waals surface area contributed by atoms with Gasteiger partial charge < -0.3 is 4.90 Å². The Bertz CT molecular complexity index is 1150. The first-order chi connectivity index (χ1) is 14.2. The number of hydrogen-bond acceptors (Lipinski definition) is 3. The summed E-state index contributed by atoms with van der Waals surface area (Å²) in [6.07, 6.45) is 9.10. The standard InChI is InChI=1S/C26H27N3/c1-29(2)16-13-19-8-10-23-22-9-7-18-5-3-4-6-20(18)21(22)11-12-24(23)26(19)25-17-27-14-15-28-25/h3-7,9,11-12,14-15,17,19,26H,8,10,13,16H2,1-2H3. The largest absolute Gasteiger partial charge is 0.309 e. The molecule has 0 saturated heterocycles. The Kier molecular flexibility index (Phi) is 4.76. The van der Waals surface area contributed by atoms with Crippen molar-refractivity contribution < 1.29 is 0 Å². The normalized spacial score (nSPS) is 19.0. The Balaban J connectivity index is 1.67. The summed E-state index contributed by atoms with van der Waals surface area (Å²) in [5.41, 5.74) is 4.06. The van der Waals surface area contributed by atoms with Crippen LogP contribution in [-0.4, -0.2) is 35.5 Å². The Morgan fingerprint density at radius 3 is 2.62 bits per heavy atom. The van der Waals surface area contributed by atoms with Crippen molar-refractivity contribution in [3.05, 3.63) is 83.9 Å². The molecule has 0 bridgehead atoms. The van der Waals surface area contributed by atoms with Crippen LogP contribution in [-0.2, 0) is 6.42 Å². The number of hydrogen-bond donors (Lipinski definition) is 0. The highest BCUT2D eigenvalue weighted by Crippen LogP contribution is 2.44. The fraction of sp³-hybridized carbons (Fsp3) is 0.308. The van der Waals surface area contributed by atoms with E-state index < -0.39 is 0 Å². The van der Waals surface area contributed by atoms with E-state index in [1.54, 1.807) is 6.20 Å². The molecule has 2 unspecified atom stereocenters. The van der Waals surface area contributed by atoms with Gasteiger partial charge in [-0.25, -0.2) is 0 Å². The van der Waals surface area contributed by atoms with E-state index in [0.717, 1.165) is 18.7 Å². The molecule has 1 aliphatic carbocycles. The summed E-state index contributed by atoms with van der Waals surface area (Å²) in [5, 5.41) is 5.43. The van der Waals surface area contributed by atoms with Gasteiger partial charge in [0.2, 0.25) is 0 Å². The second-order valence-corrected chi connectivity index (χ2v) is 8.51. The van der Waals surface area contributed by atoms with Crippen molar-refractivity contribution in [2.24, 2.45) is 5.92 Å². The molecular formula is C26H27N3. The van der Waals surface area contributed by atoms with E-state index in [1.807, 2.05) is 12.4 Å². The van der Waals surface area contributed by atoms with Gasteiger partial charge in [0.1, 0.15) is 0 Å². The predicted molar refractivity (Wildman–Crippen MR) is 120 cm³/mol. The smallest absolute Gasteiger partial charge is 0.0664 e. The predicted octanol–water partition coefficient (Wildman–Crippen LogP) is 5.43. The fourth-order valence-electron chi connectivity index (χ4n) is 5.10. The van der Waals surface area contributed by atoms with E-state index in [0.29, 0.717) is 11.8 Å². The molecule has 1 heterocycles. The van der Waals surface area contributed by atoms with Crippen molar-refractivity contribution in [2.75, 3.05) is 20.6 Å². The lowest BCUT2D eigenvalue weighted by molar-refractivity contribution is 0.309. The van der Waals surface area contributed by atoms with Gasteiger partial charge in [-0.05, 0) is 78.5 Å². The van der Waals surface area contributed by atoms with E-state index in [-0.39, 0.29) is 0 Å². The van der Waals surface area contributed by atoms with Crippen LogP contribution in [0.25, 0.3) is 21.5 Å². The fourth-order valence-corrected chi connectivity index (χ4v) is 5.10. The number of aromatic nitrogens is 2. The van der Waals surface area contributed by atoms with Crippen LogP contribution in [0.1, 0.15) is 35.6 Å². The molecule has 29 heavy (non-hydrogen) atoms. The average molecular weight is 382 g/mol. The highest BCUT2D eigenvalue weighted by molar-refractivity contribution is 6.08. The van der Waals surface area contributed by atoms with E-state index in [2.05, 4.69) is 72.5 Å². The Morgan fingerprint density at radius 2 is 1.79 bits per heavy atom. The van der Waals surface area contributed by atoms with Gasteiger partial charge >= 0.3 is 0 Å². The molecule has 4 aromatic rings. The van der Waals surface area contributed by atoms with E-state index >= 15 is 0 Å². The minimum Gasteiger partial charge on any atom is -0.309 e. The number of nitrogens with zero attached hydrogens (tertiary/aromatic N) is 3. The summed E-state index contributed by atoms with van der Waals surface area (Å²) in [7, 11) is 4.32. The van der Waals surface area contributed by atoms with Gasteiger partial charge in [0, 0.05) is 24.5 Å². The Labute approximate surface area is 172 Å².